The maximum absolute atomic E-state index is 11.7. The molecule has 0 bridgehead atoms. The Balaban J connectivity index is 2.47. The van der Waals surface area contributed by atoms with Crippen molar-refractivity contribution in [3.63, 3.8) is 0 Å². The predicted molar refractivity (Wildman–Crippen MR) is 87.6 cm³/mol. The van der Waals surface area contributed by atoms with Gasteiger partial charge in [-0.1, -0.05) is 27.7 Å². The molecule has 0 aromatic carbocycles. The van der Waals surface area contributed by atoms with Gasteiger partial charge in [-0.25, -0.2) is 0 Å². The van der Waals surface area contributed by atoms with Crippen LogP contribution in [-0.2, 0) is 4.79 Å². The fraction of sp³-hybridized carbons (Fsp3) is 0.941. The molecule has 2 N–H and O–H groups in total. The molecule has 0 aromatic rings. The minimum atomic E-state index is -0.735. The molecule has 1 atom stereocenters. The monoisotopic (exact) mass is 298 g/mol. The van der Waals surface area contributed by atoms with Crippen LogP contribution in [0.4, 0.5) is 0 Å². The third-order valence-electron chi connectivity index (χ3n) is 4.78. The van der Waals surface area contributed by atoms with Gasteiger partial charge in [-0.15, -0.1) is 0 Å². The number of rotatable bonds is 9. The lowest BCUT2D eigenvalue weighted by Crippen LogP contribution is -2.52. The molecule has 4 nitrogen and oxygen atoms in total. The van der Waals surface area contributed by atoms with E-state index in [1.807, 2.05) is 6.92 Å². The number of likely N-dealkylation sites (tertiary alicyclic amines) is 1. The Kier molecular flexibility index (Phi) is 7.14. The highest BCUT2D eigenvalue weighted by Crippen LogP contribution is 2.29. The molecule has 0 saturated carbocycles. The average Bonchev–Trinajstić information content (AvgIpc) is 2.41. The molecule has 1 rings (SSSR count). The van der Waals surface area contributed by atoms with Crippen LogP contribution in [-0.4, -0.2) is 47.7 Å². The molecule has 1 saturated heterocycles. The van der Waals surface area contributed by atoms with Crippen LogP contribution < -0.4 is 5.32 Å². The van der Waals surface area contributed by atoms with Crippen LogP contribution in [0.5, 0.6) is 0 Å². The summed E-state index contributed by atoms with van der Waals surface area (Å²) in [7, 11) is 0. The Morgan fingerprint density at radius 2 is 2.10 bits per heavy atom. The number of carbonyl (C=O) groups is 1. The van der Waals surface area contributed by atoms with Crippen LogP contribution in [0.2, 0.25) is 0 Å². The number of carboxylic acid groups (broad SMARTS) is 1. The van der Waals surface area contributed by atoms with E-state index in [1.165, 1.54) is 12.8 Å². The van der Waals surface area contributed by atoms with Crippen molar-refractivity contribution in [2.45, 2.75) is 71.8 Å². The summed E-state index contributed by atoms with van der Waals surface area (Å²) in [6, 6.07) is 0. The van der Waals surface area contributed by atoms with E-state index in [0.29, 0.717) is 11.8 Å². The van der Waals surface area contributed by atoms with Crippen molar-refractivity contribution >= 4 is 5.97 Å². The van der Waals surface area contributed by atoms with E-state index in [0.717, 1.165) is 45.4 Å². The number of piperidine rings is 1. The molecule has 1 aliphatic rings. The van der Waals surface area contributed by atoms with Gasteiger partial charge >= 0.3 is 5.97 Å². The zero-order chi connectivity index (χ0) is 15.9. The van der Waals surface area contributed by atoms with Crippen LogP contribution in [0.15, 0.2) is 0 Å². The van der Waals surface area contributed by atoms with Crippen LogP contribution in [0, 0.1) is 5.41 Å². The first-order valence-electron chi connectivity index (χ1n) is 8.56. The highest BCUT2D eigenvalue weighted by molar-refractivity contribution is 5.78. The van der Waals surface area contributed by atoms with Crippen LogP contribution in [0.1, 0.15) is 66.2 Å². The minimum absolute atomic E-state index is 0.410. The summed E-state index contributed by atoms with van der Waals surface area (Å²) in [6.07, 6.45) is 5.85. The molecule has 0 aliphatic carbocycles. The topological polar surface area (TPSA) is 52.6 Å². The van der Waals surface area contributed by atoms with Gasteiger partial charge in [-0.3, -0.25) is 4.79 Å². The first kappa shape index (κ1) is 18.4. The first-order valence-corrected chi connectivity index (χ1v) is 8.56. The third-order valence-corrected chi connectivity index (χ3v) is 4.78. The number of carboxylic acids is 1. The van der Waals surface area contributed by atoms with Crippen molar-refractivity contribution < 1.29 is 9.90 Å². The Hall–Kier alpha value is -0.610. The molecule has 21 heavy (non-hydrogen) atoms. The number of nitrogens with one attached hydrogen (secondary N) is 1. The van der Waals surface area contributed by atoms with Gasteiger partial charge < -0.3 is 15.3 Å². The molecule has 0 radical (unpaired) electrons. The standard InChI is InChI=1S/C17H34N2O2/c1-5-11-18-17(6-2,15(20)21)10-8-13-19-12-7-9-16(3,4)14-19/h18H,5-14H2,1-4H3,(H,20,21). The van der Waals surface area contributed by atoms with Gasteiger partial charge in [-0.05, 0) is 63.6 Å². The van der Waals surface area contributed by atoms with Gasteiger partial charge in [0.15, 0.2) is 0 Å². The number of aliphatic carboxylic acids is 1. The largest absolute Gasteiger partial charge is 0.480 e. The van der Waals surface area contributed by atoms with E-state index in [-0.39, 0.29) is 0 Å². The van der Waals surface area contributed by atoms with Gasteiger partial charge in [0.2, 0.25) is 0 Å². The van der Waals surface area contributed by atoms with E-state index in [9.17, 15) is 9.90 Å². The predicted octanol–water partition coefficient (Wildman–Crippen LogP) is 3.12. The normalized spacial score (nSPS) is 21.9. The van der Waals surface area contributed by atoms with Crippen molar-refractivity contribution in [3.8, 4) is 0 Å². The van der Waals surface area contributed by atoms with E-state index < -0.39 is 11.5 Å². The minimum Gasteiger partial charge on any atom is -0.480 e. The molecular weight excluding hydrogens is 264 g/mol. The molecule has 1 unspecified atom stereocenters. The van der Waals surface area contributed by atoms with Gasteiger partial charge in [0.1, 0.15) is 5.54 Å². The molecule has 1 aliphatic heterocycles. The quantitative estimate of drug-likeness (QED) is 0.687. The Morgan fingerprint density at radius 3 is 2.62 bits per heavy atom. The zero-order valence-corrected chi connectivity index (χ0v) is 14.4. The fourth-order valence-corrected chi connectivity index (χ4v) is 3.43. The maximum atomic E-state index is 11.7. The Morgan fingerprint density at radius 1 is 1.38 bits per heavy atom. The number of nitrogens with zero attached hydrogens (tertiary/aromatic N) is 1. The summed E-state index contributed by atoms with van der Waals surface area (Å²) in [5, 5.41) is 12.9. The SMILES string of the molecule is CCCNC(CC)(CCCN1CCCC(C)(C)C1)C(=O)O. The first-order chi connectivity index (χ1) is 9.85. The van der Waals surface area contributed by atoms with Crippen molar-refractivity contribution in [2.75, 3.05) is 26.2 Å². The highest BCUT2D eigenvalue weighted by atomic mass is 16.4. The van der Waals surface area contributed by atoms with Gasteiger partial charge in [0.25, 0.3) is 0 Å². The second-order valence-electron chi connectivity index (χ2n) is 7.32. The molecule has 4 heteroatoms. The van der Waals surface area contributed by atoms with Gasteiger partial charge in [0, 0.05) is 6.54 Å². The summed E-state index contributed by atoms with van der Waals surface area (Å²) in [5.41, 5.74) is -0.325. The Labute approximate surface area is 130 Å². The molecule has 0 aromatic heterocycles. The zero-order valence-electron chi connectivity index (χ0n) is 14.4. The molecule has 1 heterocycles. The lowest BCUT2D eigenvalue weighted by atomic mass is 9.84. The summed E-state index contributed by atoms with van der Waals surface area (Å²) in [4.78, 5) is 14.2. The van der Waals surface area contributed by atoms with E-state index in [4.69, 9.17) is 0 Å². The summed E-state index contributed by atoms with van der Waals surface area (Å²) >= 11 is 0. The van der Waals surface area contributed by atoms with Crippen LogP contribution >= 0.6 is 0 Å². The van der Waals surface area contributed by atoms with E-state index >= 15 is 0 Å². The molecule has 0 amide bonds. The van der Waals surface area contributed by atoms with Gasteiger partial charge in [-0.2, -0.15) is 0 Å². The second-order valence-corrected chi connectivity index (χ2v) is 7.32. The lowest BCUT2D eigenvalue weighted by Gasteiger charge is -2.38. The van der Waals surface area contributed by atoms with Crippen LogP contribution in [0.3, 0.4) is 0 Å². The second kappa shape index (κ2) is 8.14. The van der Waals surface area contributed by atoms with Crippen molar-refractivity contribution in [3.05, 3.63) is 0 Å². The molecule has 0 spiro atoms. The van der Waals surface area contributed by atoms with E-state index in [2.05, 4.69) is 31.0 Å². The average molecular weight is 298 g/mol. The maximum Gasteiger partial charge on any atom is 0.323 e. The van der Waals surface area contributed by atoms with Crippen molar-refractivity contribution in [1.29, 1.82) is 0 Å². The van der Waals surface area contributed by atoms with Crippen molar-refractivity contribution in [1.82, 2.24) is 10.2 Å². The smallest absolute Gasteiger partial charge is 0.323 e. The van der Waals surface area contributed by atoms with Crippen LogP contribution in [0.25, 0.3) is 0 Å². The fourth-order valence-electron chi connectivity index (χ4n) is 3.43. The molecular formula is C17H34N2O2. The number of hydrogen-bond donors (Lipinski definition) is 2. The molecule has 1 fully saturated rings. The highest BCUT2D eigenvalue weighted by Gasteiger charge is 2.35. The lowest BCUT2D eigenvalue weighted by molar-refractivity contribution is -0.145. The van der Waals surface area contributed by atoms with Crippen molar-refractivity contribution in [2.24, 2.45) is 5.41 Å². The number of hydrogen-bond acceptors (Lipinski definition) is 3. The third kappa shape index (κ3) is 5.59. The molecule has 124 valence electrons. The summed E-state index contributed by atoms with van der Waals surface area (Å²) < 4.78 is 0. The van der Waals surface area contributed by atoms with Gasteiger partial charge in [0.05, 0.1) is 0 Å². The van der Waals surface area contributed by atoms with E-state index in [1.54, 1.807) is 0 Å². The Bertz CT molecular complexity index is 331. The summed E-state index contributed by atoms with van der Waals surface area (Å²) in [6.45, 7) is 12.8. The summed E-state index contributed by atoms with van der Waals surface area (Å²) in [5.74, 6) is -0.697.